The lowest BCUT2D eigenvalue weighted by Gasteiger charge is -2.05. The molecule has 0 aromatic heterocycles. The van der Waals surface area contributed by atoms with E-state index >= 15 is 0 Å². The first-order valence-corrected chi connectivity index (χ1v) is 6.19. The SMILES string of the molecule is CCCCCCCc1ccc(C(O)O)cc1. The smallest absolute Gasteiger partial charge is 0.178 e. The van der Waals surface area contributed by atoms with E-state index in [4.69, 9.17) is 10.2 Å². The van der Waals surface area contributed by atoms with Crippen molar-refractivity contribution < 1.29 is 10.2 Å². The van der Waals surface area contributed by atoms with Crippen LogP contribution in [0.1, 0.15) is 56.4 Å². The van der Waals surface area contributed by atoms with Gasteiger partial charge in [0, 0.05) is 5.56 Å². The van der Waals surface area contributed by atoms with Crippen LogP contribution in [0, 0.1) is 0 Å². The molecule has 0 saturated carbocycles. The van der Waals surface area contributed by atoms with Crippen molar-refractivity contribution in [2.24, 2.45) is 0 Å². The van der Waals surface area contributed by atoms with Gasteiger partial charge < -0.3 is 10.2 Å². The molecular weight excluding hydrogens is 200 g/mol. The van der Waals surface area contributed by atoms with Crippen molar-refractivity contribution in [2.45, 2.75) is 51.7 Å². The van der Waals surface area contributed by atoms with E-state index in [0.29, 0.717) is 5.56 Å². The van der Waals surface area contributed by atoms with E-state index in [1.54, 1.807) is 12.1 Å². The molecule has 90 valence electrons. The number of hydrogen-bond donors (Lipinski definition) is 2. The summed E-state index contributed by atoms with van der Waals surface area (Å²) in [4.78, 5) is 0. The molecule has 0 aliphatic heterocycles. The molecule has 1 aromatic rings. The fourth-order valence-corrected chi connectivity index (χ4v) is 1.79. The fraction of sp³-hybridized carbons (Fsp3) is 0.571. The Labute approximate surface area is 97.9 Å². The van der Waals surface area contributed by atoms with Crippen molar-refractivity contribution >= 4 is 0 Å². The predicted octanol–water partition coefficient (Wildman–Crippen LogP) is 3.18. The van der Waals surface area contributed by atoms with Crippen molar-refractivity contribution in [1.82, 2.24) is 0 Å². The van der Waals surface area contributed by atoms with E-state index in [1.165, 1.54) is 37.7 Å². The Balaban J connectivity index is 2.27. The van der Waals surface area contributed by atoms with Crippen LogP contribution in [0.5, 0.6) is 0 Å². The number of aliphatic hydroxyl groups is 2. The number of benzene rings is 1. The summed E-state index contributed by atoms with van der Waals surface area (Å²) in [5.74, 6) is 0. The molecule has 0 amide bonds. The third-order valence-corrected chi connectivity index (χ3v) is 2.85. The van der Waals surface area contributed by atoms with Gasteiger partial charge >= 0.3 is 0 Å². The summed E-state index contributed by atoms with van der Waals surface area (Å²) in [5, 5.41) is 17.9. The molecule has 2 N–H and O–H groups in total. The summed E-state index contributed by atoms with van der Waals surface area (Å²) >= 11 is 0. The van der Waals surface area contributed by atoms with Crippen LogP contribution in [0.15, 0.2) is 24.3 Å². The molecule has 16 heavy (non-hydrogen) atoms. The summed E-state index contributed by atoms with van der Waals surface area (Å²) in [6.07, 6.45) is 6.19. The number of rotatable bonds is 7. The van der Waals surface area contributed by atoms with Crippen molar-refractivity contribution in [3.63, 3.8) is 0 Å². The Morgan fingerprint density at radius 3 is 2.12 bits per heavy atom. The summed E-state index contributed by atoms with van der Waals surface area (Å²) in [6, 6.07) is 7.53. The number of aliphatic hydroxyl groups excluding tert-OH is 1. The standard InChI is InChI=1S/C14H22O2/c1-2-3-4-5-6-7-12-8-10-13(11-9-12)14(15)16/h8-11,14-16H,2-7H2,1H3. The average molecular weight is 222 g/mol. The second-order valence-corrected chi connectivity index (χ2v) is 4.28. The maximum absolute atomic E-state index is 8.94. The van der Waals surface area contributed by atoms with E-state index in [9.17, 15) is 0 Å². The van der Waals surface area contributed by atoms with Crippen LogP contribution < -0.4 is 0 Å². The summed E-state index contributed by atoms with van der Waals surface area (Å²) in [6.45, 7) is 2.22. The largest absolute Gasteiger partial charge is 0.364 e. The van der Waals surface area contributed by atoms with Crippen molar-refractivity contribution in [3.05, 3.63) is 35.4 Å². The van der Waals surface area contributed by atoms with E-state index in [-0.39, 0.29) is 0 Å². The van der Waals surface area contributed by atoms with Crippen LogP contribution in [-0.4, -0.2) is 10.2 Å². The first kappa shape index (κ1) is 13.2. The van der Waals surface area contributed by atoms with Crippen molar-refractivity contribution in [3.8, 4) is 0 Å². The Morgan fingerprint density at radius 1 is 0.938 bits per heavy atom. The van der Waals surface area contributed by atoms with E-state index in [1.807, 2.05) is 12.1 Å². The van der Waals surface area contributed by atoms with Crippen LogP contribution in [-0.2, 0) is 6.42 Å². The van der Waals surface area contributed by atoms with Gasteiger partial charge in [-0.15, -0.1) is 0 Å². The van der Waals surface area contributed by atoms with Gasteiger partial charge in [0.05, 0.1) is 0 Å². The van der Waals surface area contributed by atoms with Crippen LogP contribution in [0.25, 0.3) is 0 Å². The highest BCUT2D eigenvalue weighted by Crippen LogP contribution is 2.13. The Morgan fingerprint density at radius 2 is 1.56 bits per heavy atom. The number of aryl methyl sites for hydroxylation is 1. The van der Waals surface area contributed by atoms with Gasteiger partial charge in [-0.1, -0.05) is 56.9 Å². The molecule has 0 fully saturated rings. The van der Waals surface area contributed by atoms with E-state index in [0.717, 1.165) is 6.42 Å². The zero-order chi connectivity index (χ0) is 11.8. The molecule has 0 saturated heterocycles. The highest BCUT2D eigenvalue weighted by molar-refractivity contribution is 5.23. The third-order valence-electron chi connectivity index (χ3n) is 2.85. The van der Waals surface area contributed by atoms with Gasteiger partial charge in [-0.3, -0.25) is 0 Å². The maximum Gasteiger partial charge on any atom is 0.178 e. The van der Waals surface area contributed by atoms with Gasteiger partial charge in [-0.05, 0) is 18.4 Å². The van der Waals surface area contributed by atoms with Gasteiger partial charge in [0.25, 0.3) is 0 Å². The second kappa shape index (κ2) is 7.42. The molecule has 0 spiro atoms. The van der Waals surface area contributed by atoms with Crippen LogP contribution in [0.4, 0.5) is 0 Å². The monoisotopic (exact) mass is 222 g/mol. The molecule has 0 radical (unpaired) electrons. The molecule has 0 aliphatic rings. The quantitative estimate of drug-likeness (QED) is 0.549. The minimum absolute atomic E-state index is 0.565. The Kier molecular flexibility index (Phi) is 6.12. The molecule has 1 aromatic carbocycles. The molecule has 1 rings (SSSR count). The molecule has 0 aliphatic carbocycles. The Hall–Kier alpha value is -0.860. The molecule has 2 nitrogen and oxygen atoms in total. The molecule has 0 heterocycles. The molecule has 0 atom stereocenters. The lowest BCUT2D eigenvalue weighted by molar-refractivity contribution is -0.0424. The van der Waals surface area contributed by atoms with Gasteiger partial charge in [0.1, 0.15) is 0 Å². The van der Waals surface area contributed by atoms with Crippen molar-refractivity contribution in [1.29, 1.82) is 0 Å². The van der Waals surface area contributed by atoms with Gasteiger partial charge in [0.15, 0.2) is 6.29 Å². The highest BCUT2D eigenvalue weighted by atomic mass is 16.5. The summed E-state index contributed by atoms with van der Waals surface area (Å²) in [7, 11) is 0. The topological polar surface area (TPSA) is 40.5 Å². The van der Waals surface area contributed by atoms with Crippen molar-refractivity contribution in [2.75, 3.05) is 0 Å². The lowest BCUT2D eigenvalue weighted by Crippen LogP contribution is -1.95. The molecule has 0 unspecified atom stereocenters. The predicted molar refractivity (Wildman–Crippen MR) is 66.1 cm³/mol. The minimum atomic E-state index is -1.35. The normalized spacial score (nSPS) is 11.0. The number of hydrogen-bond acceptors (Lipinski definition) is 2. The van der Waals surface area contributed by atoms with Gasteiger partial charge in [-0.25, -0.2) is 0 Å². The minimum Gasteiger partial charge on any atom is -0.364 e. The zero-order valence-corrected chi connectivity index (χ0v) is 10.0. The van der Waals surface area contributed by atoms with Gasteiger partial charge in [-0.2, -0.15) is 0 Å². The lowest BCUT2D eigenvalue weighted by atomic mass is 10.0. The summed E-state index contributed by atoms with van der Waals surface area (Å²) in [5.41, 5.74) is 1.84. The molecule has 0 bridgehead atoms. The second-order valence-electron chi connectivity index (χ2n) is 4.28. The van der Waals surface area contributed by atoms with Gasteiger partial charge in [0.2, 0.25) is 0 Å². The molecular formula is C14H22O2. The van der Waals surface area contributed by atoms with Crippen LogP contribution in [0.2, 0.25) is 0 Å². The van der Waals surface area contributed by atoms with Crippen LogP contribution in [0.3, 0.4) is 0 Å². The Bertz CT molecular complexity index is 277. The first-order valence-electron chi connectivity index (χ1n) is 6.19. The molecule has 2 heteroatoms. The van der Waals surface area contributed by atoms with E-state index < -0.39 is 6.29 Å². The number of unbranched alkanes of at least 4 members (excludes halogenated alkanes) is 4. The zero-order valence-electron chi connectivity index (χ0n) is 10.0. The first-order chi connectivity index (χ1) is 7.74. The van der Waals surface area contributed by atoms with E-state index in [2.05, 4.69) is 6.92 Å². The highest BCUT2D eigenvalue weighted by Gasteiger charge is 2.01. The van der Waals surface area contributed by atoms with Crippen LogP contribution >= 0.6 is 0 Å². The fourth-order valence-electron chi connectivity index (χ4n) is 1.79. The maximum atomic E-state index is 8.94. The summed E-state index contributed by atoms with van der Waals surface area (Å²) < 4.78 is 0. The average Bonchev–Trinajstić information content (AvgIpc) is 2.29. The third kappa shape index (κ3) is 4.77.